The third-order valence-corrected chi connectivity index (χ3v) is 10.9. The van der Waals surface area contributed by atoms with Gasteiger partial charge in [-0.1, -0.05) is 31.3 Å². The second-order valence-corrected chi connectivity index (χ2v) is 14.9. The fourth-order valence-corrected chi connectivity index (χ4v) is 7.92. The van der Waals surface area contributed by atoms with Crippen LogP contribution in [-0.4, -0.2) is 91.9 Å². The van der Waals surface area contributed by atoms with E-state index in [9.17, 15) is 23.1 Å². The molecule has 12 nitrogen and oxygen atoms in total. The maximum absolute atomic E-state index is 14.4. The summed E-state index contributed by atoms with van der Waals surface area (Å²) in [5, 5.41) is 14.0. The molecule has 1 aliphatic heterocycles. The Morgan fingerprint density at radius 1 is 1.13 bits per heavy atom. The van der Waals surface area contributed by atoms with E-state index in [1.165, 1.54) is 19.4 Å². The number of nitrogens with one attached hydrogen (secondary N) is 1. The van der Waals surface area contributed by atoms with Gasteiger partial charge in [0.25, 0.3) is 15.9 Å². The van der Waals surface area contributed by atoms with Crippen molar-refractivity contribution in [2.45, 2.75) is 109 Å². The highest BCUT2D eigenvalue weighted by atomic mass is 32.2. The van der Waals surface area contributed by atoms with E-state index in [0.717, 1.165) is 38.5 Å². The molecule has 1 aromatic heterocycles. The van der Waals surface area contributed by atoms with Gasteiger partial charge in [0.1, 0.15) is 11.4 Å². The normalized spacial score (nSPS) is 22.9. The second kappa shape index (κ2) is 16.3. The SMILES string of the molecule is Cc1noc(C)c1S(=O)(=O)Nc1ccc2c(c1)C(=O)N([C@H](C)CO)C[C@@H](C)[C@H](CN(C)C(=O)C1CCCCC1)OCCCC[C@@H](C)O2. The number of aliphatic hydroxyl groups is 1. The number of amides is 2. The van der Waals surface area contributed by atoms with Gasteiger partial charge in [0, 0.05) is 44.3 Å². The van der Waals surface area contributed by atoms with Crippen LogP contribution in [0.3, 0.4) is 0 Å². The first-order chi connectivity index (χ1) is 22.3. The molecule has 13 heteroatoms. The number of ether oxygens (including phenoxy) is 2. The van der Waals surface area contributed by atoms with Gasteiger partial charge in [-0.2, -0.15) is 0 Å². The van der Waals surface area contributed by atoms with E-state index in [4.69, 9.17) is 14.0 Å². The number of aryl methyl sites for hydroxylation is 2. The largest absolute Gasteiger partial charge is 0.490 e. The molecule has 0 radical (unpaired) electrons. The number of sulfonamides is 1. The summed E-state index contributed by atoms with van der Waals surface area (Å²) in [6, 6.07) is 4.07. The molecule has 4 atom stereocenters. The van der Waals surface area contributed by atoms with Gasteiger partial charge < -0.3 is 28.9 Å². The predicted octanol–water partition coefficient (Wildman–Crippen LogP) is 4.93. The van der Waals surface area contributed by atoms with E-state index in [2.05, 4.69) is 9.88 Å². The first-order valence-corrected chi connectivity index (χ1v) is 18.4. The first kappa shape index (κ1) is 36.7. The van der Waals surface area contributed by atoms with Crippen LogP contribution >= 0.6 is 0 Å². The molecule has 0 saturated heterocycles. The van der Waals surface area contributed by atoms with Gasteiger partial charge in [0.2, 0.25) is 5.91 Å². The Labute approximate surface area is 279 Å². The lowest BCUT2D eigenvalue weighted by Gasteiger charge is -2.36. The molecule has 1 aromatic carbocycles. The monoisotopic (exact) mass is 676 g/mol. The van der Waals surface area contributed by atoms with Crippen molar-refractivity contribution in [3.63, 3.8) is 0 Å². The molecule has 2 N–H and O–H groups in total. The molecule has 1 fully saturated rings. The Balaban J connectivity index is 1.65. The number of hydrogen-bond donors (Lipinski definition) is 2. The molecular weight excluding hydrogens is 624 g/mol. The summed E-state index contributed by atoms with van der Waals surface area (Å²) in [5.41, 5.74) is 0.562. The highest BCUT2D eigenvalue weighted by molar-refractivity contribution is 7.92. The topological polar surface area (TPSA) is 152 Å². The number of anilines is 1. The number of fused-ring (bicyclic) bond motifs is 1. The minimum Gasteiger partial charge on any atom is -0.490 e. The number of hydrogen-bond acceptors (Lipinski definition) is 9. The molecule has 0 unspecified atom stereocenters. The van der Waals surface area contributed by atoms with Crippen LogP contribution in [-0.2, 0) is 19.6 Å². The van der Waals surface area contributed by atoms with E-state index >= 15 is 0 Å². The number of benzene rings is 1. The maximum atomic E-state index is 14.4. The summed E-state index contributed by atoms with van der Waals surface area (Å²) in [6.07, 6.45) is 6.94. The zero-order valence-electron chi connectivity index (χ0n) is 28.7. The maximum Gasteiger partial charge on any atom is 0.267 e. The number of likely N-dealkylation sites (N-methyl/N-ethyl adjacent to an activating group) is 1. The molecule has 47 heavy (non-hydrogen) atoms. The number of rotatable bonds is 8. The van der Waals surface area contributed by atoms with Crippen molar-refractivity contribution < 1.29 is 37.1 Å². The molecule has 2 aromatic rings. The van der Waals surface area contributed by atoms with Crippen molar-refractivity contribution in [1.29, 1.82) is 0 Å². The van der Waals surface area contributed by atoms with Crippen molar-refractivity contribution in [3.8, 4) is 5.75 Å². The Bertz CT molecular complexity index is 1450. The molecule has 1 aliphatic carbocycles. The molecule has 2 aliphatic rings. The van der Waals surface area contributed by atoms with E-state index in [1.807, 2.05) is 20.9 Å². The molecule has 0 bridgehead atoms. The van der Waals surface area contributed by atoms with E-state index < -0.39 is 22.0 Å². The predicted molar refractivity (Wildman–Crippen MR) is 178 cm³/mol. The number of carbonyl (C=O) groups excluding carboxylic acids is 2. The average molecular weight is 677 g/mol. The zero-order chi connectivity index (χ0) is 34.3. The average Bonchev–Trinajstić information content (AvgIpc) is 3.40. The number of aromatic nitrogens is 1. The molecule has 262 valence electrons. The minimum absolute atomic E-state index is 0.0391. The third kappa shape index (κ3) is 9.26. The van der Waals surface area contributed by atoms with Gasteiger partial charge in [0.15, 0.2) is 10.7 Å². The van der Waals surface area contributed by atoms with Crippen LogP contribution in [0.1, 0.15) is 93.9 Å². The van der Waals surface area contributed by atoms with Gasteiger partial charge in [-0.25, -0.2) is 8.42 Å². The highest BCUT2D eigenvalue weighted by Gasteiger charge is 2.33. The molecule has 0 spiro atoms. The summed E-state index contributed by atoms with van der Waals surface area (Å²) in [5.74, 6) is 0.0540. The fourth-order valence-electron chi connectivity index (χ4n) is 6.53. The van der Waals surface area contributed by atoms with Crippen LogP contribution in [0.4, 0.5) is 5.69 Å². The smallest absolute Gasteiger partial charge is 0.267 e. The molecule has 1 saturated carbocycles. The number of nitrogens with zero attached hydrogens (tertiary/aromatic N) is 3. The van der Waals surface area contributed by atoms with Crippen LogP contribution < -0.4 is 9.46 Å². The molecule has 2 heterocycles. The molecular formula is C34H52N4O8S. The van der Waals surface area contributed by atoms with Crippen molar-refractivity contribution in [2.24, 2.45) is 11.8 Å². The van der Waals surface area contributed by atoms with Crippen molar-refractivity contribution in [3.05, 3.63) is 35.2 Å². The number of aliphatic hydroxyl groups excluding tert-OH is 1. The van der Waals surface area contributed by atoms with E-state index in [1.54, 1.807) is 35.8 Å². The van der Waals surface area contributed by atoms with Crippen LogP contribution in [0.2, 0.25) is 0 Å². The lowest BCUT2D eigenvalue weighted by molar-refractivity contribution is -0.137. The Hall–Kier alpha value is -3.16. The molecule has 2 amide bonds. The van der Waals surface area contributed by atoms with Crippen molar-refractivity contribution in [1.82, 2.24) is 15.0 Å². The molecule has 4 rings (SSSR count). The summed E-state index contributed by atoms with van der Waals surface area (Å²) in [7, 11) is -2.24. The van der Waals surface area contributed by atoms with E-state index in [-0.39, 0.29) is 70.7 Å². The fraction of sp³-hybridized carbons (Fsp3) is 0.676. The third-order valence-electron chi connectivity index (χ3n) is 9.32. The van der Waals surface area contributed by atoms with Gasteiger partial charge in [-0.15, -0.1) is 0 Å². The zero-order valence-corrected chi connectivity index (χ0v) is 29.5. The Kier molecular flexibility index (Phi) is 12.7. The van der Waals surface area contributed by atoms with Gasteiger partial charge in [-0.05, 0) is 78.0 Å². The summed E-state index contributed by atoms with van der Waals surface area (Å²) in [4.78, 5) is 31.0. The van der Waals surface area contributed by atoms with Crippen LogP contribution in [0, 0.1) is 25.7 Å². The lowest BCUT2D eigenvalue weighted by atomic mass is 9.88. The highest BCUT2D eigenvalue weighted by Crippen LogP contribution is 2.31. The summed E-state index contributed by atoms with van der Waals surface area (Å²) in [6.45, 7) is 9.62. The summed E-state index contributed by atoms with van der Waals surface area (Å²) >= 11 is 0. The lowest BCUT2D eigenvalue weighted by Crippen LogP contribution is -2.48. The first-order valence-electron chi connectivity index (χ1n) is 16.9. The van der Waals surface area contributed by atoms with Crippen molar-refractivity contribution >= 4 is 27.5 Å². The number of carbonyl (C=O) groups is 2. The van der Waals surface area contributed by atoms with Gasteiger partial charge in [0.05, 0.1) is 30.4 Å². The Morgan fingerprint density at radius 2 is 1.83 bits per heavy atom. The minimum atomic E-state index is -4.07. The second-order valence-electron chi connectivity index (χ2n) is 13.3. The van der Waals surface area contributed by atoms with Crippen molar-refractivity contribution in [2.75, 3.05) is 38.1 Å². The quantitative estimate of drug-likeness (QED) is 0.397. The van der Waals surface area contributed by atoms with Gasteiger partial charge in [-0.3, -0.25) is 14.3 Å². The van der Waals surface area contributed by atoms with Crippen LogP contribution in [0.15, 0.2) is 27.6 Å². The van der Waals surface area contributed by atoms with E-state index in [0.29, 0.717) is 25.3 Å². The van der Waals surface area contributed by atoms with Crippen LogP contribution in [0.5, 0.6) is 5.75 Å². The standard InChI is InChI=1S/C34H52N4O8S/c1-22-19-38(23(2)21-39)34(41)29-18-28(36-47(42,43)32-25(4)35-46-26(32)5)15-16-30(29)45-24(3)12-10-11-17-44-31(22)20-37(6)33(40)27-13-8-7-9-14-27/h15-16,18,22-24,27,31,36,39H,7-14,17,19-21H2,1-6H3/t22-,23-,24-,31+/m1/s1. The van der Waals surface area contributed by atoms with Gasteiger partial charge >= 0.3 is 0 Å². The van der Waals surface area contributed by atoms with Crippen LogP contribution in [0.25, 0.3) is 0 Å². The Morgan fingerprint density at radius 3 is 2.49 bits per heavy atom. The summed E-state index contributed by atoms with van der Waals surface area (Å²) < 4.78 is 46.9.